The first-order valence-electron chi connectivity index (χ1n) is 7.36. The maximum Gasteiger partial charge on any atom is 0.235 e. The highest BCUT2D eigenvalue weighted by Crippen LogP contribution is 2.19. The van der Waals surface area contributed by atoms with Gasteiger partial charge in [-0.3, -0.25) is 0 Å². The van der Waals surface area contributed by atoms with Crippen LogP contribution >= 0.6 is 0 Å². The standard InChI is InChI=1S/C7H16N2.C7H11NO/c8-4-3-7-9-5-1-2-6-9;9-6-8-7-4-2-1-3-5-7/h1-8H2;7H,1-5H2. The van der Waals surface area contributed by atoms with Crippen molar-refractivity contribution in [3.05, 3.63) is 0 Å². The van der Waals surface area contributed by atoms with Gasteiger partial charge in [0.05, 0.1) is 6.04 Å². The molecule has 0 unspecified atom stereocenters. The fourth-order valence-electron chi connectivity index (χ4n) is 2.61. The average Bonchev–Trinajstić information content (AvgIpc) is 2.92. The van der Waals surface area contributed by atoms with Crippen LogP contribution in [0.1, 0.15) is 51.4 Å². The molecule has 2 aliphatic rings. The lowest BCUT2D eigenvalue weighted by molar-refractivity contribution is 0.336. The van der Waals surface area contributed by atoms with Gasteiger partial charge in [0, 0.05) is 0 Å². The highest BCUT2D eigenvalue weighted by Gasteiger charge is 2.10. The molecule has 0 aromatic carbocycles. The number of aliphatic imine (C=N–C) groups is 1. The van der Waals surface area contributed by atoms with E-state index in [4.69, 9.17) is 5.73 Å². The summed E-state index contributed by atoms with van der Waals surface area (Å²) in [5, 5.41) is 0. The second-order valence-electron chi connectivity index (χ2n) is 5.20. The molecule has 2 rings (SSSR count). The molecule has 0 radical (unpaired) electrons. The number of carbonyl (C=O) groups excluding carboxylic acids is 1. The molecule has 0 atom stereocenters. The van der Waals surface area contributed by atoms with Crippen molar-refractivity contribution in [2.75, 3.05) is 26.2 Å². The van der Waals surface area contributed by atoms with Crippen molar-refractivity contribution in [1.82, 2.24) is 4.90 Å². The van der Waals surface area contributed by atoms with Crippen LogP contribution in [0.3, 0.4) is 0 Å². The van der Waals surface area contributed by atoms with Crippen molar-refractivity contribution in [1.29, 1.82) is 0 Å². The molecule has 18 heavy (non-hydrogen) atoms. The van der Waals surface area contributed by atoms with Gasteiger partial charge >= 0.3 is 0 Å². The van der Waals surface area contributed by atoms with Crippen molar-refractivity contribution in [3.63, 3.8) is 0 Å². The normalized spacial score (nSPS) is 20.9. The van der Waals surface area contributed by atoms with Crippen LogP contribution in [-0.2, 0) is 4.79 Å². The molecule has 2 fully saturated rings. The lowest BCUT2D eigenvalue weighted by atomic mass is 9.96. The zero-order chi connectivity index (χ0) is 13.1. The third-order valence-electron chi connectivity index (χ3n) is 3.69. The van der Waals surface area contributed by atoms with E-state index < -0.39 is 0 Å². The Balaban J connectivity index is 0.000000180. The highest BCUT2D eigenvalue weighted by molar-refractivity contribution is 5.33. The van der Waals surface area contributed by atoms with Gasteiger partial charge in [0.15, 0.2) is 0 Å². The van der Waals surface area contributed by atoms with Gasteiger partial charge in [-0.1, -0.05) is 19.3 Å². The van der Waals surface area contributed by atoms with Crippen LogP contribution in [0.2, 0.25) is 0 Å². The third-order valence-corrected chi connectivity index (χ3v) is 3.69. The minimum absolute atomic E-state index is 0.302. The van der Waals surface area contributed by atoms with Crippen molar-refractivity contribution >= 4 is 6.08 Å². The van der Waals surface area contributed by atoms with Crippen molar-refractivity contribution < 1.29 is 4.79 Å². The molecule has 0 aromatic rings. The molecule has 1 aliphatic carbocycles. The lowest BCUT2D eigenvalue weighted by Crippen LogP contribution is -2.22. The zero-order valence-electron chi connectivity index (χ0n) is 11.4. The average molecular weight is 253 g/mol. The second-order valence-corrected chi connectivity index (χ2v) is 5.20. The van der Waals surface area contributed by atoms with E-state index in [1.165, 1.54) is 58.2 Å². The molecular formula is C14H27N3O. The van der Waals surface area contributed by atoms with Crippen LogP contribution in [-0.4, -0.2) is 43.2 Å². The highest BCUT2D eigenvalue weighted by atomic mass is 16.1. The number of hydrogen-bond donors (Lipinski definition) is 1. The second kappa shape index (κ2) is 10.2. The van der Waals surface area contributed by atoms with E-state index in [0.29, 0.717) is 6.04 Å². The van der Waals surface area contributed by atoms with Crippen molar-refractivity contribution in [3.8, 4) is 0 Å². The molecule has 1 heterocycles. The van der Waals surface area contributed by atoms with Gasteiger partial charge in [-0.2, -0.15) is 0 Å². The van der Waals surface area contributed by atoms with Gasteiger partial charge in [-0.25, -0.2) is 9.79 Å². The molecule has 0 bridgehead atoms. The quantitative estimate of drug-likeness (QED) is 0.616. The SMILES string of the molecule is NCCCN1CCCC1.O=C=NC1CCCCC1. The van der Waals surface area contributed by atoms with Gasteiger partial charge in [-0.15, -0.1) is 0 Å². The molecule has 0 amide bonds. The van der Waals surface area contributed by atoms with Crippen LogP contribution in [0.4, 0.5) is 0 Å². The largest absolute Gasteiger partial charge is 0.330 e. The minimum atomic E-state index is 0.302. The molecule has 0 spiro atoms. The number of nitrogens with zero attached hydrogens (tertiary/aromatic N) is 2. The summed E-state index contributed by atoms with van der Waals surface area (Å²) in [5.41, 5.74) is 5.38. The third kappa shape index (κ3) is 6.90. The zero-order valence-corrected chi connectivity index (χ0v) is 11.4. The number of isocyanates is 1. The summed E-state index contributed by atoms with van der Waals surface area (Å²) in [4.78, 5) is 16.0. The molecule has 0 aromatic heterocycles. The first-order chi connectivity index (χ1) is 8.86. The maximum absolute atomic E-state index is 9.78. The summed E-state index contributed by atoms with van der Waals surface area (Å²) in [6.07, 6.45) is 11.5. The lowest BCUT2D eigenvalue weighted by Gasteiger charge is -2.14. The smallest absolute Gasteiger partial charge is 0.235 e. The fraction of sp³-hybridized carbons (Fsp3) is 0.929. The first-order valence-corrected chi connectivity index (χ1v) is 7.36. The summed E-state index contributed by atoms with van der Waals surface area (Å²) in [6.45, 7) is 4.67. The van der Waals surface area contributed by atoms with Crippen LogP contribution in [0.15, 0.2) is 4.99 Å². The predicted molar refractivity (Wildman–Crippen MR) is 74.3 cm³/mol. The molecule has 1 aliphatic heterocycles. The topological polar surface area (TPSA) is 58.7 Å². The molecule has 1 saturated carbocycles. The number of rotatable bonds is 4. The Labute approximate surface area is 111 Å². The van der Waals surface area contributed by atoms with Crippen LogP contribution in [0, 0.1) is 0 Å². The van der Waals surface area contributed by atoms with E-state index in [-0.39, 0.29) is 0 Å². The Kier molecular flexibility index (Phi) is 8.74. The van der Waals surface area contributed by atoms with Crippen molar-refractivity contribution in [2.24, 2.45) is 10.7 Å². The van der Waals surface area contributed by atoms with Crippen LogP contribution in [0.25, 0.3) is 0 Å². The fourth-order valence-corrected chi connectivity index (χ4v) is 2.61. The molecule has 2 N–H and O–H groups in total. The Hall–Kier alpha value is -0.700. The summed E-state index contributed by atoms with van der Waals surface area (Å²) >= 11 is 0. The minimum Gasteiger partial charge on any atom is -0.330 e. The van der Waals surface area contributed by atoms with E-state index in [2.05, 4.69) is 9.89 Å². The molecule has 4 nitrogen and oxygen atoms in total. The Bertz CT molecular complexity index is 239. The van der Waals surface area contributed by atoms with Gasteiger partial charge < -0.3 is 10.6 Å². The summed E-state index contributed by atoms with van der Waals surface area (Å²) in [5.74, 6) is 0. The molecular weight excluding hydrogens is 226 g/mol. The van der Waals surface area contributed by atoms with Gasteiger partial charge in [0.25, 0.3) is 0 Å². The van der Waals surface area contributed by atoms with Crippen LogP contribution < -0.4 is 5.73 Å². The molecule has 104 valence electrons. The number of likely N-dealkylation sites (tertiary alicyclic amines) is 1. The first kappa shape index (κ1) is 15.4. The maximum atomic E-state index is 9.78. The van der Waals surface area contributed by atoms with Crippen LogP contribution in [0.5, 0.6) is 0 Å². The van der Waals surface area contributed by atoms with E-state index in [1.807, 2.05) is 0 Å². The Morgan fingerprint density at radius 3 is 2.33 bits per heavy atom. The number of hydrogen-bond acceptors (Lipinski definition) is 4. The van der Waals surface area contributed by atoms with E-state index in [1.54, 1.807) is 6.08 Å². The van der Waals surface area contributed by atoms with Gasteiger partial charge in [0.1, 0.15) is 0 Å². The van der Waals surface area contributed by atoms with E-state index in [9.17, 15) is 4.79 Å². The summed E-state index contributed by atoms with van der Waals surface area (Å²) in [7, 11) is 0. The predicted octanol–water partition coefficient (Wildman–Crippen LogP) is 2.09. The molecule has 4 heteroatoms. The Morgan fingerprint density at radius 2 is 1.78 bits per heavy atom. The Morgan fingerprint density at radius 1 is 1.11 bits per heavy atom. The van der Waals surface area contributed by atoms with E-state index in [0.717, 1.165) is 19.4 Å². The molecule has 1 saturated heterocycles. The van der Waals surface area contributed by atoms with Gasteiger partial charge in [0.2, 0.25) is 6.08 Å². The monoisotopic (exact) mass is 253 g/mol. The van der Waals surface area contributed by atoms with E-state index >= 15 is 0 Å². The summed E-state index contributed by atoms with van der Waals surface area (Å²) in [6, 6.07) is 0.302. The van der Waals surface area contributed by atoms with Crippen molar-refractivity contribution in [2.45, 2.75) is 57.4 Å². The number of nitrogens with two attached hydrogens (primary N) is 1. The van der Waals surface area contributed by atoms with Gasteiger partial charge in [-0.05, 0) is 58.3 Å². The summed E-state index contributed by atoms with van der Waals surface area (Å²) < 4.78 is 0.